The molecule has 0 amide bonds. The molecule has 0 fully saturated rings. The van der Waals surface area contributed by atoms with Crippen molar-refractivity contribution in [2.24, 2.45) is 0 Å². The van der Waals surface area contributed by atoms with Crippen LogP contribution in [0.3, 0.4) is 0 Å². The van der Waals surface area contributed by atoms with Crippen LogP contribution in [0, 0.1) is 0 Å². The van der Waals surface area contributed by atoms with E-state index < -0.39 is 0 Å². The number of thioether (sulfide) groups is 1. The third-order valence-electron chi connectivity index (χ3n) is 3.40. The Kier molecular flexibility index (Phi) is 4.61. The Bertz CT molecular complexity index is 594. The Labute approximate surface area is 131 Å². The zero-order valence-electron chi connectivity index (χ0n) is 13.4. The van der Waals surface area contributed by atoms with Gasteiger partial charge in [0.1, 0.15) is 0 Å². The maximum absolute atomic E-state index is 5.86. The molecule has 1 heterocycles. The SMILES string of the molecule is CC(C)n1c(N)nnc1SCc1ccc(C(C)(C)C)cc1. The second-order valence-corrected chi connectivity index (χ2v) is 7.48. The van der Waals surface area contributed by atoms with Crippen LogP contribution >= 0.6 is 11.8 Å². The summed E-state index contributed by atoms with van der Waals surface area (Å²) in [6.45, 7) is 10.9. The highest BCUT2D eigenvalue weighted by molar-refractivity contribution is 7.98. The summed E-state index contributed by atoms with van der Waals surface area (Å²) in [6.07, 6.45) is 0. The van der Waals surface area contributed by atoms with Gasteiger partial charge in [0.2, 0.25) is 5.95 Å². The van der Waals surface area contributed by atoms with E-state index in [-0.39, 0.29) is 11.5 Å². The lowest BCUT2D eigenvalue weighted by molar-refractivity contribution is 0.557. The van der Waals surface area contributed by atoms with Gasteiger partial charge >= 0.3 is 0 Å². The number of benzene rings is 1. The molecule has 0 radical (unpaired) electrons. The molecule has 2 rings (SSSR count). The Balaban J connectivity index is 2.07. The minimum Gasteiger partial charge on any atom is -0.368 e. The van der Waals surface area contributed by atoms with Gasteiger partial charge in [0.25, 0.3) is 0 Å². The van der Waals surface area contributed by atoms with Crippen molar-refractivity contribution in [3.63, 3.8) is 0 Å². The molecule has 4 nitrogen and oxygen atoms in total. The van der Waals surface area contributed by atoms with E-state index in [4.69, 9.17) is 5.73 Å². The van der Waals surface area contributed by atoms with Crippen molar-refractivity contribution in [3.05, 3.63) is 35.4 Å². The van der Waals surface area contributed by atoms with Crippen LogP contribution in [0.4, 0.5) is 5.95 Å². The lowest BCUT2D eigenvalue weighted by Gasteiger charge is -2.19. The number of hydrogen-bond acceptors (Lipinski definition) is 4. The summed E-state index contributed by atoms with van der Waals surface area (Å²) in [6, 6.07) is 9.06. The lowest BCUT2D eigenvalue weighted by Crippen LogP contribution is -2.10. The van der Waals surface area contributed by atoms with E-state index in [2.05, 4.69) is 69.1 Å². The van der Waals surface area contributed by atoms with Gasteiger partial charge < -0.3 is 5.73 Å². The van der Waals surface area contributed by atoms with Crippen LogP contribution in [0.25, 0.3) is 0 Å². The molecule has 2 aromatic rings. The van der Waals surface area contributed by atoms with Crippen LogP contribution in [0.5, 0.6) is 0 Å². The first-order valence-corrected chi connectivity index (χ1v) is 8.20. The first-order valence-electron chi connectivity index (χ1n) is 7.21. The molecule has 1 aromatic heterocycles. The highest BCUT2D eigenvalue weighted by Crippen LogP contribution is 2.27. The van der Waals surface area contributed by atoms with Crippen molar-refractivity contribution in [1.29, 1.82) is 0 Å². The van der Waals surface area contributed by atoms with Gasteiger partial charge in [0.05, 0.1) is 0 Å². The zero-order chi connectivity index (χ0) is 15.6. The van der Waals surface area contributed by atoms with Crippen LogP contribution < -0.4 is 5.73 Å². The fourth-order valence-corrected chi connectivity index (χ4v) is 3.15. The molecule has 0 aliphatic rings. The van der Waals surface area contributed by atoms with Gasteiger partial charge in [0.15, 0.2) is 5.16 Å². The van der Waals surface area contributed by atoms with Crippen molar-refractivity contribution in [1.82, 2.24) is 14.8 Å². The van der Waals surface area contributed by atoms with E-state index in [1.165, 1.54) is 11.1 Å². The highest BCUT2D eigenvalue weighted by Gasteiger charge is 2.14. The molecule has 0 bridgehead atoms. The van der Waals surface area contributed by atoms with E-state index in [1.807, 2.05) is 4.57 Å². The Morgan fingerprint density at radius 2 is 1.76 bits per heavy atom. The largest absolute Gasteiger partial charge is 0.368 e. The quantitative estimate of drug-likeness (QED) is 0.866. The second-order valence-electron chi connectivity index (χ2n) is 6.54. The molecule has 0 atom stereocenters. The number of hydrogen-bond donors (Lipinski definition) is 1. The standard InChI is InChI=1S/C16H24N4S/c1-11(2)20-14(17)18-19-15(20)21-10-12-6-8-13(9-7-12)16(3,4)5/h6-9,11H,10H2,1-5H3,(H2,17,18). The molecule has 5 heteroatoms. The zero-order valence-corrected chi connectivity index (χ0v) is 14.2. The van der Waals surface area contributed by atoms with Gasteiger partial charge in [-0.15, -0.1) is 10.2 Å². The number of nitrogens with two attached hydrogens (primary N) is 1. The second kappa shape index (κ2) is 6.10. The summed E-state index contributed by atoms with van der Waals surface area (Å²) in [5, 5.41) is 9.00. The number of nitrogens with zero attached hydrogens (tertiary/aromatic N) is 3. The van der Waals surface area contributed by atoms with Crippen LogP contribution in [0.15, 0.2) is 29.4 Å². The summed E-state index contributed by atoms with van der Waals surface area (Å²) in [5.74, 6) is 1.35. The van der Waals surface area contributed by atoms with Gasteiger partial charge in [-0.1, -0.05) is 56.8 Å². The van der Waals surface area contributed by atoms with Crippen LogP contribution in [0.1, 0.15) is 51.8 Å². The van der Waals surface area contributed by atoms with E-state index >= 15 is 0 Å². The molecule has 0 saturated carbocycles. The summed E-state index contributed by atoms with van der Waals surface area (Å²) in [4.78, 5) is 0. The molecule has 0 saturated heterocycles. The minimum absolute atomic E-state index is 0.192. The predicted octanol–water partition coefficient (Wildman–Crippen LogP) is 4.03. The molecule has 21 heavy (non-hydrogen) atoms. The van der Waals surface area contributed by atoms with Crippen molar-refractivity contribution in [2.75, 3.05) is 5.73 Å². The van der Waals surface area contributed by atoms with E-state index in [0.717, 1.165) is 10.9 Å². The lowest BCUT2D eigenvalue weighted by atomic mass is 9.87. The molecular weight excluding hydrogens is 280 g/mol. The topological polar surface area (TPSA) is 56.7 Å². The molecule has 114 valence electrons. The van der Waals surface area contributed by atoms with Crippen LogP contribution in [0.2, 0.25) is 0 Å². The average molecular weight is 304 g/mol. The predicted molar refractivity (Wildman–Crippen MR) is 89.5 cm³/mol. The van der Waals surface area contributed by atoms with Crippen molar-refractivity contribution in [2.45, 2.75) is 57.0 Å². The van der Waals surface area contributed by atoms with E-state index in [9.17, 15) is 0 Å². The maximum Gasteiger partial charge on any atom is 0.222 e. The number of aromatic nitrogens is 3. The van der Waals surface area contributed by atoms with Crippen LogP contribution in [-0.4, -0.2) is 14.8 Å². The van der Waals surface area contributed by atoms with Crippen molar-refractivity contribution >= 4 is 17.7 Å². The van der Waals surface area contributed by atoms with Gasteiger partial charge in [0, 0.05) is 11.8 Å². The fourth-order valence-electron chi connectivity index (χ4n) is 2.12. The van der Waals surface area contributed by atoms with Crippen LogP contribution in [-0.2, 0) is 11.2 Å². The highest BCUT2D eigenvalue weighted by atomic mass is 32.2. The van der Waals surface area contributed by atoms with Gasteiger partial charge in [-0.3, -0.25) is 4.57 Å². The molecule has 0 aliphatic carbocycles. The maximum atomic E-state index is 5.86. The Morgan fingerprint density at radius 1 is 1.14 bits per heavy atom. The molecule has 2 N–H and O–H groups in total. The first-order chi connectivity index (χ1) is 9.79. The summed E-state index contributed by atoms with van der Waals surface area (Å²) < 4.78 is 1.97. The molecule has 0 unspecified atom stereocenters. The smallest absolute Gasteiger partial charge is 0.222 e. The molecular formula is C16H24N4S. The van der Waals surface area contributed by atoms with Gasteiger partial charge in [-0.2, -0.15) is 0 Å². The third kappa shape index (κ3) is 3.79. The van der Waals surface area contributed by atoms with Gasteiger partial charge in [-0.05, 0) is 30.4 Å². The molecule has 0 aliphatic heterocycles. The van der Waals surface area contributed by atoms with Gasteiger partial charge in [-0.25, -0.2) is 0 Å². The number of nitrogen functional groups attached to an aromatic ring is 1. The fraction of sp³-hybridized carbons (Fsp3) is 0.500. The number of rotatable bonds is 4. The minimum atomic E-state index is 0.192. The summed E-state index contributed by atoms with van der Waals surface area (Å²) in [7, 11) is 0. The number of anilines is 1. The summed E-state index contributed by atoms with van der Waals surface area (Å²) >= 11 is 1.67. The van der Waals surface area contributed by atoms with E-state index in [1.54, 1.807) is 11.8 Å². The average Bonchev–Trinajstić information content (AvgIpc) is 2.77. The third-order valence-corrected chi connectivity index (χ3v) is 4.41. The molecule has 1 aromatic carbocycles. The Morgan fingerprint density at radius 3 is 2.29 bits per heavy atom. The Hall–Kier alpha value is -1.49. The normalized spacial score (nSPS) is 12.1. The van der Waals surface area contributed by atoms with E-state index in [0.29, 0.717) is 5.95 Å². The van der Waals surface area contributed by atoms with Crippen molar-refractivity contribution < 1.29 is 0 Å². The first kappa shape index (κ1) is 15.9. The summed E-state index contributed by atoms with van der Waals surface area (Å²) in [5.41, 5.74) is 8.68. The monoisotopic (exact) mass is 304 g/mol. The molecule has 0 spiro atoms. The van der Waals surface area contributed by atoms with Crippen molar-refractivity contribution in [3.8, 4) is 0 Å².